The summed E-state index contributed by atoms with van der Waals surface area (Å²) in [5.41, 5.74) is 3.54. The van der Waals surface area contributed by atoms with Gasteiger partial charge in [-0.15, -0.1) is 11.8 Å². The molecule has 2 N–H and O–H groups in total. The minimum Gasteiger partial charge on any atom is -0.497 e. The van der Waals surface area contributed by atoms with E-state index in [0.29, 0.717) is 30.7 Å². The van der Waals surface area contributed by atoms with Gasteiger partial charge in [0.05, 0.1) is 11.9 Å². The van der Waals surface area contributed by atoms with Crippen LogP contribution in [0.1, 0.15) is 30.0 Å². The van der Waals surface area contributed by atoms with Crippen LogP contribution in [0, 0.1) is 0 Å². The van der Waals surface area contributed by atoms with Gasteiger partial charge < -0.3 is 15.2 Å². The lowest BCUT2D eigenvalue weighted by molar-refractivity contribution is -0.137. The summed E-state index contributed by atoms with van der Waals surface area (Å²) < 4.78 is 4.37. The number of aryl methyl sites for hydroxylation is 1. The van der Waals surface area contributed by atoms with Crippen LogP contribution in [0.3, 0.4) is 0 Å². The van der Waals surface area contributed by atoms with Crippen LogP contribution in [-0.4, -0.2) is 47.3 Å². The molecule has 0 fully saturated rings. The lowest BCUT2D eigenvalue weighted by Gasteiger charge is -2.31. The molecule has 7 nitrogen and oxygen atoms in total. The molecule has 0 saturated heterocycles. The highest BCUT2D eigenvalue weighted by molar-refractivity contribution is 8.00. The number of carbonyl (C=O) groups is 3. The topological polar surface area (TPSA) is 95.9 Å². The van der Waals surface area contributed by atoms with Crippen LogP contribution in [0.2, 0.25) is 0 Å². The van der Waals surface area contributed by atoms with Crippen molar-refractivity contribution in [2.24, 2.45) is 0 Å². The number of carboxylic acid groups (broad SMARTS) is 1. The number of fused-ring (bicyclic) bond motifs is 1. The maximum atomic E-state index is 13.9. The molecule has 0 spiro atoms. The van der Waals surface area contributed by atoms with E-state index in [2.05, 4.69) is 5.32 Å². The summed E-state index contributed by atoms with van der Waals surface area (Å²) in [6.45, 7) is 1.43. The maximum Gasteiger partial charge on any atom is 0.323 e. The molecule has 1 aliphatic heterocycles. The van der Waals surface area contributed by atoms with Gasteiger partial charge in [-0.2, -0.15) is 0 Å². The molecule has 0 saturated carbocycles. The van der Waals surface area contributed by atoms with Gasteiger partial charge in [0.25, 0.3) is 0 Å². The Bertz CT molecular complexity index is 1280. The van der Waals surface area contributed by atoms with Crippen molar-refractivity contribution < 1.29 is 24.2 Å². The number of thioether (sulfide) groups is 1. The first kappa shape index (κ1) is 27.3. The van der Waals surface area contributed by atoms with Crippen molar-refractivity contribution in [2.75, 3.05) is 18.6 Å². The number of aliphatic carboxylic acids is 1. The zero-order chi connectivity index (χ0) is 27.1. The van der Waals surface area contributed by atoms with Gasteiger partial charge in [0.1, 0.15) is 18.3 Å². The molecule has 0 radical (unpaired) electrons. The van der Waals surface area contributed by atoms with Crippen molar-refractivity contribution in [3.05, 3.63) is 95.6 Å². The average Bonchev–Trinajstić information content (AvgIpc) is 3.05. The van der Waals surface area contributed by atoms with Gasteiger partial charge in [0, 0.05) is 11.4 Å². The second-order valence-corrected chi connectivity index (χ2v) is 11.0. The Labute approximate surface area is 227 Å². The second-order valence-electron chi connectivity index (χ2n) is 9.54. The zero-order valence-corrected chi connectivity index (χ0v) is 22.4. The van der Waals surface area contributed by atoms with E-state index >= 15 is 0 Å². The molecule has 198 valence electrons. The smallest absolute Gasteiger partial charge is 0.323 e. The maximum absolute atomic E-state index is 13.9. The van der Waals surface area contributed by atoms with E-state index in [4.69, 9.17) is 4.74 Å². The number of hydrogen-bond donors (Lipinski definition) is 2. The van der Waals surface area contributed by atoms with Crippen molar-refractivity contribution >= 4 is 35.2 Å². The van der Waals surface area contributed by atoms with Gasteiger partial charge >= 0.3 is 5.97 Å². The summed E-state index contributed by atoms with van der Waals surface area (Å²) >= 11 is 1.52. The van der Waals surface area contributed by atoms with E-state index in [1.807, 2.05) is 73.7 Å². The van der Waals surface area contributed by atoms with Crippen molar-refractivity contribution in [2.45, 2.75) is 42.7 Å². The Hall–Kier alpha value is -3.78. The number of benzene rings is 3. The summed E-state index contributed by atoms with van der Waals surface area (Å²) in [6, 6.07) is 24.0. The molecule has 3 aromatic carbocycles. The summed E-state index contributed by atoms with van der Waals surface area (Å²) in [5.74, 6) is -0.408. The number of rotatable bonds is 10. The largest absolute Gasteiger partial charge is 0.497 e. The van der Waals surface area contributed by atoms with Crippen LogP contribution >= 0.6 is 11.8 Å². The second kappa shape index (κ2) is 12.2. The number of para-hydroxylation sites is 1. The van der Waals surface area contributed by atoms with Gasteiger partial charge in [-0.25, -0.2) is 0 Å². The molecule has 38 heavy (non-hydrogen) atoms. The van der Waals surface area contributed by atoms with E-state index in [1.165, 1.54) is 16.7 Å². The van der Waals surface area contributed by atoms with E-state index in [1.54, 1.807) is 19.2 Å². The molecule has 2 atom stereocenters. The van der Waals surface area contributed by atoms with Gasteiger partial charge in [0.2, 0.25) is 11.8 Å². The Morgan fingerprint density at radius 2 is 1.71 bits per heavy atom. The standard InChI is InChI=1S/C30H32N2O5S/c1-30(18-21-8-4-3-5-9-21,38-20-22-12-15-24(37-2)16-13-22)29(36)31-25-17-14-23-10-6-7-11-26(23)32(28(25)35)19-27(33)34/h3-13,15-16,25H,14,17-20H2,1-2H3,(H,31,36)(H,33,34)/t25-,30-/m0/s1. The predicted octanol–water partition coefficient (Wildman–Crippen LogP) is 4.48. The summed E-state index contributed by atoms with van der Waals surface area (Å²) in [5, 5.41) is 12.5. The number of methoxy groups -OCH3 is 1. The highest BCUT2D eigenvalue weighted by atomic mass is 32.2. The first-order valence-corrected chi connectivity index (χ1v) is 13.5. The number of nitrogens with one attached hydrogen (secondary N) is 1. The molecule has 1 heterocycles. The Morgan fingerprint density at radius 1 is 1.03 bits per heavy atom. The van der Waals surface area contributed by atoms with Gasteiger partial charge in [-0.1, -0.05) is 60.7 Å². The number of ether oxygens (including phenoxy) is 1. The molecule has 0 aromatic heterocycles. The molecule has 0 unspecified atom stereocenters. The molecule has 8 heteroatoms. The number of amides is 2. The van der Waals surface area contributed by atoms with Gasteiger partial charge in [0.15, 0.2) is 0 Å². The van der Waals surface area contributed by atoms with E-state index in [0.717, 1.165) is 22.4 Å². The molecule has 0 bridgehead atoms. The Kier molecular flexibility index (Phi) is 8.73. The lowest BCUT2D eigenvalue weighted by atomic mass is 9.98. The zero-order valence-electron chi connectivity index (χ0n) is 21.6. The number of hydrogen-bond acceptors (Lipinski definition) is 5. The molecular formula is C30H32N2O5S. The van der Waals surface area contributed by atoms with Crippen molar-refractivity contribution in [3.63, 3.8) is 0 Å². The quantitative estimate of drug-likeness (QED) is 0.400. The highest BCUT2D eigenvalue weighted by Gasteiger charge is 2.39. The monoisotopic (exact) mass is 532 g/mol. The fourth-order valence-corrected chi connectivity index (χ4v) is 5.74. The molecule has 2 amide bonds. The average molecular weight is 533 g/mol. The van der Waals surface area contributed by atoms with Crippen LogP contribution in [0.5, 0.6) is 5.75 Å². The first-order chi connectivity index (χ1) is 18.3. The van der Waals surface area contributed by atoms with Crippen LogP contribution in [0.25, 0.3) is 0 Å². The molecule has 4 rings (SSSR count). The summed E-state index contributed by atoms with van der Waals surface area (Å²) in [6.07, 6.45) is 1.42. The lowest BCUT2D eigenvalue weighted by Crippen LogP contribution is -2.54. The van der Waals surface area contributed by atoms with Crippen LogP contribution in [-0.2, 0) is 33.0 Å². The number of anilines is 1. The third kappa shape index (κ3) is 6.55. The third-order valence-corrected chi connectivity index (χ3v) is 8.17. The predicted molar refractivity (Wildman–Crippen MR) is 150 cm³/mol. The molecular weight excluding hydrogens is 500 g/mol. The summed E-state index contributed by atoms with van der Waals surface area (Å²) in [7, 11) is 1.62. The fraction of sp³-hybridized carbons (Fsp3) is 0.300. The number of carboxylic acids is 1. The van der Waals surface area contributed by atoms with Crippen molar-refractivity contribution in [3.8, 4) is 5.75 Å². The Morgan fingerprint density at radius 3 is 2.39 bits per heavy atom. The third-order valence-electron chi connectivity index (χ3n) is 6.73. The van der Waals surface area contributed by atoms with Gasteiger partial charge in [-0.3, -0.25) is 19.3 Å². The molecule has 1 aliphatic rings. The highest BCUT2D eigenvalue weighted by Crippen LogP contribution is 2.34. The normalized spacial score (nSPS) is 16.6. The summed E-state index contributed by atoms with van der Waals surface area (Å²) in [4.78, 5) is 40.3. The van der Waals surface area contributed by atoms with Gasteiger partial charge in [-0.05, 0) is 61.1 Å². The number of nitrogens with zero attached hydrogens (tertiary/aromatic N) is 1. The van der Waals surface area contributed by atoms with E-state index < -0.39 is 29.2 Å². The first-order valence-electron chi connectivity index (χ1n) is 12.5. The SMILES string of the molecule is COc1ccc(CS[C@@](C)(Cc2ccccc2)C(=O)N[C@H]2CCc3ccccc3N(CC(=O)O)C2=O)cc1. The minimum absolute atomic E-state index is 0.251. The van der Waals surface area contributed by atoms with Crippen LogP contribution in [0.15, 0.2) is 78.9 Å². The molecule has 3 aromatic rings. The minimum atomic E-state index is -1.11. The van der Waals surface area contributed by atoms with Crippen molar-refractivity contribution in [1.29, 1.82) is 0 Å². The van der Waals surface area contributed by atoms with Crippen LogP contribution in [0.4, 0.5) is 5.69 Å². The fourth-order valence-electron chi connectivity index (χ4n) is 4.61. The van der Waals surface area contributed by atoms with Crippen molar-refractivity contribution in [1.82, 2.24) is 5.32 Å². The number of carbonyl (C=O) groups excluding carboxylic acids is 2. The van der Waals surface area contributed by atoms with E-state index in [9.17, 15) is 19.5 Å². The van der Waals surface area contributed by atoms with Crippen LogP contribution < -0.4 is 15.0 Å². The van der Waals surface area contributed by atoms with E-state index in [-0.39, 0.29) is 5.91 Å². The molecule has 0 aliphatic carbocycles. The Balaban J connectivity index is 1.56.